The summed E-state index contributed by atoms with van der Waals surface area (Å²) in [5.74, 6) is -1.04. The number of aliphatic hydroxyl groups excluding tert-OH is 1. The second-order valence-corrected chi connectivity index (χ2v) is 3.57. The van der Waals surface area contributed by atoms with Gasteiger partial charge < -0.3 is 10.2 Å². The molecule has 0 aliphatic carbocycles. The van der Waals surface area contributed by atoms with Crippen LogP contribution in [-0.2, 0) is 17.6 Å². The minimum absolute atomic E-state index is 0.103. The Morgan fingerprint density at radius 3 is 2.50 bits per heavy atom. The summed E-state index contributed by atoms with van der Waals surface area (Å²) in [7, 11) is 0. The highest BCUT2D eigenvalue weighted by Gasteiger charge is 2.30. The fourth-order valence-electron chi connectivity index (χ4n) is 1.37. The van der Waals surface area contributed by atoms with Gasteiger partial charge in [0.05, 0.1) is 18.6 Å². The van der Waals surface area contributed by atoms with Crippen LogP contribution in [0.25, 0.3) is 6.08 Å². The molecule has 6 heteroatoms. The third-order valence-corrected chi connectivity index (χ3v) is 2.23. The molecule has 0 heterocycles. The molecule has 2 N–H and O–H groups in total. The van der Waals surface area contributed by atoms with Crippen LogP contribution in [0, 0.1) is 0 Å². The summed E-state index contributed by atoms with van der Waals surface area (Å²) >= 11 is 0. The average molecular weight is 260 g/mol. The van der Waals surface area contributed by atoms with E-state index in [2.05, 4.69) is 0 Å². The second-order valence-electron chi connectivity index (χ2n) is 3.57. The summed E-state index contributed by atoms with van der Waals surface area (Å²) in [5, 5.41) is 17.4. The first-order valence-corrected chi connectivity index (χ1v) is 5.04. The van der Waals surface area contributed by atoms with Crippen LogP contribution in [0.3, 0.4) is 0 Å². The van der Waals surface area contributed by atoms with Crippen molar-refractivity contribution in [1.82, 2.24) is 0 Å². The molecule has 0 spiro atoms. The molecule has 0 saturated heterocycles. The van der Waals surface area contributed by atoms with Crippen LogP contribution >= 0.6 is 0 Å². The molecule has 0 atom stereocenters. The van der Waals surface area contributed by atoms with Gasteiger partial charge in [-0.3, -0.25) is 4.79 Å². The number of aliphatic carboxylic acids is 1. The number of hydrogen-bond acceptors (Lipinski definition) is 2. The quantitative estimate of drug-likeness (QED) is 0.875. The standard InChI is InChI=1S/C12H11F3O3/c13-12(14,15)10-5-4-8(9(6-10)7-16)2-1-3-11(17)18/h1-2,4-6,16H,3,7H2,(H,17,18). The van der Waals surface area contributed by atoms with Crippen LogP contribution in [-0.4, -0.2) is 16.2 Å². The SMILES string of the molecule is O=C(O)CC=Cc1ccc(C(F)(F)F)cc1CO. The molecule has 0 fully saturated rings. The zero-order chi connectivity index (χ0) is 13.8. The lowest BCUT2D eigenvalue weighted by atomic mass is 10.0. The van der Waals surface area contributed by atoms with Crippen molar-refractivity contribution in [2.75, 3.05) is 0 Å². The van der Waals surface area contributed by atoms with Crippen molar-refractivity contribution in [3.63, 3.8) is 0 Å². The zero-order valence-corrected chi connectivity index (χ0v) is 9.24. The van der Waals surface area contributed by atoms with Crippen molar-refractivity contribution in [1.29, 1.82) is 0 Å². The zero-order valence-electron chi connectivity index (χ0n) is 9.24. The van der Waals surface area contributed by atoms with Crippen LogP contribution in [0.2, 0.25) is 0 Å². The van der Waals surface area contributed by atoms with E-state index in [0.29, 0.717) is 5.56 Å². The largest absolute Gasteiger partial charge is 0.481 e. The maximum Gasteiger partial charge on any atom is 0.416 e. The Balaban J connectivity index is 3.01. The van der Waals surface area contributed by atoms with Gasteiger partial charge in [-0.15, -0.1) is 0 Å². The number of carboxylic acid groups (broad SMARTS) is 1. The minimum atomic E-state index is -4.47. The first-order valence-electron chi connectivity index (χ1n) is 5.04. The molecule has 0 aromatic heterocycles. The van der Waals surface area contributed by atoms with Crippen molar-refractivity contribution in [2.45, 2.75) is 19.2 Å². The van der Waals surface area contributed by atoms with E-state index in [4.69, 9.17) is 10.2 Å². The maximum absolute atomic E-state index is 12.4. The normalized spacial score (nSPS) is 12.0. The third-order valence-electron chi connectivity index (χ3n) is 2.23. The lowest BCUT2D eigenvalue weighted by Gasteiger charge is -2.10. The summed E-state index contributed by atoms with van der Waals surface area (Å²) in [6, 6.07) is 2.94. The average Bonchev–Trinajstić information content (AvgIpc) is 2.27. The first-order chi connectivity index (χ1) is 8.34. The fourth-order valence-corrected chi connectivity index (χ4v) is 1.37. The molecule has 0 amide bonds. The van der Waals surface area contributed by atoms with Gasteiger partial charge >= 0.3 is 12.1 Å². The lowest BCUT2D eigenvalue weighted by Crippen LogP contribution is -2.06. The number of benzene rings is 1. The van der Waals surface area contributed by atoms with E-state index in [9.17, 15) is 18.0 Å². The number of carboxylic acids is 1. The number of carbonyl (C=O) groups is 1. The van der Waals surface area contributed by atoms with Crippen molar-refractivity contribution in [3.05, 3.63) is 41.0 Å². The van der Waals surface area contributed by atoms with E-state index in [1.807, 2.05) is 0 Å². The van der Waals surface area contributed by atoms with Gasteiger partial charge in [0, 0.05) is 0 Å². The molecule has 0 aliphatic heterocycles. The highest BCUT2D eigenvalue weighted by molar-refractivity contribution is 5.70. The summed E-state index contributed by atoms with van der Waals surface area (Å²) in [5.41, 5.74) is -0.375. The molecule has 3 nitrogen and oxygen atoms in total. The van der Waals surface area contributed by atoms with Gasteiger partial charge in [-0.25, -0.2) is 0 Å². The van der Waals surface area contributed by atoms with Gasteiger partial charge in [0.25, 0.3) is 0 Å². The molecule has 1 rings (SSSR count). The molecule has 18 heavy (non-hydrogen) atoms. The molecule has 98 valence electrons. The number of rotatable bonds is 4. The first kappa shape index (κ1) is 14.2. The molecule has 0 saturated carbocycles. The van der Waals surface area contributed by atoms with E-state index < -0.39 is 24.3 Å². The van der Waals surface area contributed by atoms with Crippen molar-refractivity contribution >= 4 is 12.0 Å². The summed E-state index contributed by atoms with van der Waals surface area (Å²) in [6.45, 7) is -0.545. The lowest BCUT2D eigenvalue weighted by molar-refractivity contribution is -0.138. The second kappa shape index (κ2) is 5.68. The minimum Gasteiger partial charge on any atom is -0.481 e. The predicted octanol–water partition coefficient (Wildman–Crippen LogP) is 2.69. The Morgan fingerprint density at radius 1 is 1.33 bits per heavy atom. The third kappa shape index (κ3) is 3.89. The van der Waals surface area contributed by atoms with Crippen LogP contribution in [0.5, 0.6) is 0 Å². The Kier molecular flexibility index (Phi) is 4.49. The Labute approximate surface area is 101 Å². The van der Waals surface area contributed by atoms with Gasteiger partial charge in [0.1, 0.15) is 0 Å². The van der Waals surface area contributed by atoms with Crippen molar-refractivity contribution < 1.29 is 28.2 Å². The highest BCUT2D eigenvalue weighted by Crippen LogP contribution is 2.30. The van der Waals surface area contributed by atoms with Gasteiger partial charge in [0.15, 0.2) is 0 Å². The topological polar surface area (TPSA) is 57.5 Å². The van der Waals surface area contributed by atoms with Crippen LogP contribution in [0.1, 0.15) is 23.1 Å². The van der Waals surface area contributed by atoms with Crippen molar-refractivity contribution in [2.24, 2.45) is 0 Å². The molecule has 0 aliphatic rings. The van der Waals surface area contributed by atoms with E-state index in [-0.39, 0.29) is 12.0 Å². The Morgan fingerprint density at radius 2 is 2.00 bits per heavy atom. The molecule has 0 unspecified atom stereocenters. The highest BCUT2D eigenvalue weighted by atomic mass is 19.4. The molecule has 1 aromatic rings. The maximum atomic E-state index is 12.4. The van der Waals surface area contributed by atoms with E-state index >= 15 is 0 Å². The summed E-state index contributed by atoms with van der Waals surface area (Å²) in [4.78, 5) is 10.3. The molecular weight excluding hydrogens is 249 g/mol. The number of hydrogen-bond donors (Lipinski definition) is 2. The van der Waals surface area contributed by atoms with E-state index in [1.54, 1.807) is 0 Å². The summed E-state index contributed by atoms with van der Waals surface area (Å²) in [6.07, 6.45) is -2.01. The molecule has 1 aromatic carbocycles. The fraction of sp³-hybridized carbons (Fsp3) is 0.250. The monoisotopic (exact) mass is 260 g/mol. The van der Waals surface area contributed by atoms with Gasteiger partial charge in [-0.1, -0.05) is 18.2 Å². The Bertz CT molecular complexity index is 464. The van der Waals surface area contributed by atoms with Gasteiger partial charge in [-0.2, -0.15) is 13.2 Å². The molecule has 0 radical (unpaired) electrons. The number of halogens is 3. The smallest absolute Gasteiger partial charge is 0.416 e. The van der Waals surface area contributed by atoms with Gasteiger partial charge in [-0.05, 0) is 23.3 Å². The van der Waals surface area contributed by atoms with Crippen LogP contribution in [0.4, 0.5) is 13.2 Å². The van der Waals surface area contributed by atoms with Crippen LogP contribution in [0.15, 0.2) is 24.3 Å². The van der Waals surface area contributed by atoms with Gasteiger partial charge in [0.2, 0.25) is 0 Å². The molecule has 0 bridgehead atoms. The van der Waals surface area contributed by atoms with Crippen molar-refractivity contribution in [3.8, 4) is 0 Å². The van der Waals surface area contributed by atoms with E-state index in [0.717, 1.165) is 12.1 Å². The predicted molar refractivity (Wildman–Crippen MR) is 58.7 cm³/mol. The Hall–Kier alpha value is -1.82. The molecular formula is C12H11F3O3. The number of alkyl halides is 3. The summed E-state index contributed by atoms with van der Waals surface area (Å²) < 4.78 is 37.2. The van der Waals surface area contributed by atoms with Crippen LogP contribution < -0.4 is 0 Å². The van der Waals surface area contributed by atoms with E-state index in [1.165, 1.54) is 18.2 Å². The number of aliphatic hydroxyl groups is 1.